The molecule has 1 aliphatic carbocycles. The van der Waals surface area contributed by atoms with Crippen LogP contribution >= 0.6 is 7.82 Å². The summed E-state index contributed by atoms with van der Waals surface area (Å²) in [6.45, 7) is 3.49. The van der Waals surface area contributed by atoms with Crippen molar-refractivity contribution >= 4 is 13.7 Å². The van der Waals surface area contributed by atoms with Gasteiger partial charge in [-0.25, -0.2) is 4.57 Å². The molecule has 46 heavy (non-hydrogen) atoms. The largest absolute Gasteiger partial charge is 0.472 e. The fourth-order valence-electron chi connectivity index (χ4n) is 4.81. The molecule has 1 aliphatic rings. The zero-order chi connectivity index (χ0) is 34.5. The molecule has 0 aromatic rings. The third-order valence-corrected chi connectivity index (χ3v) is 8.68. The fourth-order valence-corrected chi connectivity index (χ4v) is 5.77. The van der Waals surface area contributed by atoms with Crippen molar-refractivity contribution in [2.45, 2.75) is 152 Å². The van der Waals surface area contributed by atoms with Crippen LogP contribution in [0.5, 0.6) is 0 Å². The standard InChI is InChI=1S/C32H58NO12P/c1-3-5-7-9-11-13-15-17-19-23(34)21-26(36)33-24(25(35)20-18-16-14-12-10-8-6-4-2)22-44-46(42,43)45-32-30(40)28(38)27(37)29(39)31(32)41/h9-12,18,20,23-25,27-32,34-35,37-41H,3-8,13-17,19,21-22H2,1-2H3,(H,33,36)(H,42,43)/b11-9-,12-10+,20-18+. The van der Waals surface area contributed by atoms with Crippen LogP contribution in [0.15, 0.2) is 36.5 Å². The van der Waals surface area contributed by atoms with E-state index in [9.17, 15) is 50.0 Å². The van der Waals surface area contributed by atoms with Gasteiger partial charge < -0.3 is 46.0 Å². The van der Waals surface area contributed by atoms with Gasteiger partial charge in [0.05, 0.1) is 31.3 Å². The van der Waals surface area contributed by atoms with Gasteiger partial charge in [-0.15, -0.1) is 0 Å². The molecule has 1 fully saturated rings. The first-order chi connectivity index (χ1) is 21.8. The lowest BCUT2D eigenvalue weighted by atomic mass is 9.85. The number of phosphoric ester groups is 1. The van der Waals surface area contributed by atoms with Gasteiger partial charge >= 0.3 is 7.82 Å². The number of nitrogens with one attached hydrogen (secondary N) is 1. The number of unbranched alkanes of at least 4 members (excludes halogenated alkanes) is 7. The van der Waals surface area contributed by atoms with Crippen LogP contribution in [0.1, 0.15) is 97.3 Å². The Hall–Kier alpha value is -1.48. The predicted octanol–water partition coefficient (Wildman–Crippen LogP) is 2.29. The van der Waals surface area contributed by atoms with Crippen LogP contribution in [0.3, 0.4) is 0 Å². The van der Waals surface area contributed by atoms with Gasteiger partial charge in [-0.3, -0.25) is 13.8 Å². The van der Waals surface area contributed by atoms with Gasteiger partial charge in [0.25, 0.3) is 0 Å². The number of rotatable bonds is 24. The van der Waals surface area contributed by atoms with Crippen molar-refractivity contribution in [1.82, 2.24) is 5.32 Å². The first-order valence-electron chi connectivity index (χ1n) is 16.5. The lowest BCUT2D eigenvalue weighted by molar-refractivity contribution is -0.220. The minimum Gasteiger partial charge on any atom is -0.393 e. The highest BCUT2D eigenvalue weighted by Crippen LogP contribution is 2.47. The van der Waals surface area contributed by atoms with Crippen LogP contribution < -0.4 is 5.32 Å². The fraction of sp³-hybridized carbons (Fsp3) is 0.781. The van der Waals surface area contributed by atoms with Crippen LogP contribution in [0.4, 0.5) is 0 Å². The number of phosphoric acid groups is 1. The van der Waals surface area contributed by atoms with Crippen molar-refractivity contribution in [2.24, 2.45) is 0 Å². The molecule has 1 saturated carbocycles. The van der Waals surface area contributed by atoms with Gasteiger partial charge in [-0.1, -0.05) is 82.4 Å². The molecule has 0 radical (unpaired) electrons. The number of carbonyl (C=O) groups excluding carboxylic acids is 1. The van der Waals surface area contributed by atoms with E-state index in [0.717, 1.165) is 57.8 Å². The summed E-state index contributed by atoms with van der Waals surface area (Å²) < 4.78 is 22.5. The van der Waals surface area contributed by atoms with Crippen LogP contribution in [-0.4, -0.2) is 108 Å². The Bertz CT molecular complexity index is 947. The van der Waals surface area contributed by atoms with Gasteiger partial charge in [-0.2, -0.15) is 0 Å². The summed E-state index contributed by atoms with van der Waals surface area (Å²) in [6.07, 6.45) is 7.54. The summed E-state index contributed by atoms with van der Waals surface area (Å²) in [5.41, 5.74) is 0. The zero-order valence-corrected chi connectivity index (χ0v) is 28.1. The van der Waals surface area contributed by atoms with E-state index in [4.69, 9.17) is 9.05 Å². The summed E-state index contributed by atoms with van der Waals surface area (Å²) in [6, 6.07) is -1.26. The minimum atomic E-state index is -5.13. The highest BCUT2D eigenvalue weighted by Gasteiger charge is 2.51. The van der Waals surface area contributed by atoms with E-state index in [1.807, 2.05) is 6.08 Å². The van der Waals surface area contributed by atoms with Gasteiger partial charge in [0.15, 0.2) is 0 Å². The molecule has 0 aromatic carbocycles. The summed E-state index contributed by atoms with van der Waals surface area (Å²) in [4.78, 5) is 23.0. The van der Waals surface area contributed by atoms with Gasteiger partial charge in [0.1, 0.15) is 36.6 Å². The van der Waals surface area contributed by atoms with Crippen molar-refractivity contribution in [1.29, 1.82) is 0 Å². The summed E-state index contributed by atoms with van der Waals surface area (Å²) in [5, 5.41) is 73.4. The Morgan fingerprint density at radius 1 is 0.761 bits per heavy atom. The van der Waals surface area contributed by atoms with Crippen LogP contribution in [0, 0.1) is 0 Å². The quantitative estimate of drug-likeness (QED) is 0.0407. The average molecular weight is 680 g/mol. The molecule has 0 aliphatic heterocycles. The third kappa shape index (κ3) is 17.1. The molecular formula is C32H58NO12P. The molecular weight excluding hydrogens is 621 g/mol. The lowest BCUT2D eigenvalue weighted by Crippen LogP contribution is -2.64. The number of aliphatic hydroxyl groups excluding tert-OH is 7. The van der Waals surface area contributed by atoms with E-state index in [1.54, 1.807) is 6.08 Å². The topological polar surface area (TPSA) is 226 Å². The molecule has 0 bridgehead atoms. The number of allylic oxidation sites excluding steroid dienone is 5. The Labute approximate surface area is 273 Å². The highest BCUT2D eigenvalue weighted by molar-refractivity contribution is 7.47. The van der Waals surface area contributed by atoms with E-state index in [1.165, 1.54) is 6.08 Å². The maximum absolute atomic E-state index is 12.7. The smallest absolute Gasteiger partial charge is 0.393 e. The lowest BCUT2D eigenvalue weighted by Gasteiger charge is -2.41. The van der Waals surface area contributed by atoms with Crippen LogP contribution in [-0.2, 0) is 18.4 Å². The SMILES string of the molecule is CCCC/C=C\CCCCC(O)CC(=O)NC(COP(=O)(O)OC1C(O)C(O)C(O)C(O)C1O)C(O)/C=C/CC/C=C/CCCC. The second kappa shape index (κ2) is 23.8. The van der Waals surface area contributed by atoms with Crippen molar-refractivity contribution in [3.8, 4) is 0 Å². The van der Waals surface area contributed by atoms with Gasteiger partial charge in [-0.05, 0) is 44.9 Å². The Morgan fingerprint density at radius 2 is 1.26 bits per heavy atom. The van der Waals surface area contributed by atoms with E-state index in [-0.39, 0.29) is 6.42 Å². The first-order valence-corrected chi connectivity index (χ1v) is 18.0. The maximum atomic E-state index is 12.7. The highest BCUT2D eigenvalue weighted by atomic mass is 31.2. The number of aliphatic hydroxyl groups is 7. The second-order valence-electron chi connectivity index (χ2n) is 11.8. The van der Waals surface area contributed by atoms with E-state index >= 15 is 0 Å². The molecule has 0 heterocycles. The van der Waals surface area contributed by atoms with E-state index < -0.39 is 75.2 Å². The number of hydrogen-bond donors (Lipinski definition) is 9. The predicted molar refractivity (Wildman–Crippen MR) is 173 cm³/mol. The molecule has 0 saturated heterocycles. The maximum Gasteiger partial charge on any atom is 0.472 e. The van der Waals surface area contributed by atoms with Crippen molar-refractivity contribution in [3.05, 3.63) is 36.5 Å². The number of carbonyl (C=O) groups is 1. The van der Waals surface area contributed by atoms with Crippen LogP contribution in [0.2, 0.25) is 0 Å². The van der Waals surface area contributed by atoms with E-state index in [2.05, 4.69) is 37.4 Å². The van der Waals surface area contributed by atoms with Gasteiger partial charge in [0.2, 0.25) is 5.91 Å². The first kappa shape index (κ1) is 42.5. The number of amides is 1. The van der Waals surface area contributed by atoms with Crippen molar-refractivity contribution in [2.75, 3.05) is 6.61 Å². The monoisotopic (exact) mass is 679 g/mol. The average Bonchev–Trinajstić information content (AvgIpc) is 3.01. The summed E-state index contributed by atoms with van der Waals surface area (Å²) in [7, 11) is -5.13. The Morgan fingerprint density at radius 3 is 1.83 bits per heavy atom. The van der Waals surface area contributed by atoms with E-state index in [0.29, 0.717) is 19.3 Å². The molecule has 0 spiro atoms. The summed E-state index contributed by atoms with van der Waals surface area (Å²) in [5.74, 6) is -0.626. The molecule has 1 rings (SSSR count). The zero-order valence-electron chi connectivity index (χ0n) is 27.2. The molecule has 8 atom stereocenters. The molecule has 8 unspecified atom stereocenters. The summed E-state index contributed by atoms with van der Waals surface area (Å²) >= 11 is 0. The molecule has 268 valence electrons. The second-order valence-corrected chi connectivity index (χ2v) is 13.2. The number of hydrogen-bond acceptors (Lipinski definition) is 11. The minimum absolute atomic E-state index is 0.270. The molecule has 1 amide bonds. The van der Waals surface area contributed by atoms with Gasteiger partial charge in [0, 0.05) is 0 Å². The van der Waals surface area contributed by atoms with Crippen molar-refractivity contribution < 1.29 is 59.0 Å². The molecule has 14 heteroatoms. The molecule has 0 aromatic heterocycles. The molecule has 9 N–H and O–H groups in total. The van der Waals surface area contributed by atoms with Crippen LogP contribution in [0.25, 0.3) is 0 Å². The Kier molecular flexibility index (Phi) is 22.0. The van der Waals surface area contributed by atoms with Crippen molar-refractivity contribution in [3.63, 3.8) is 0 Å². The molecule has 13 nitrogen and oxygen atoms in total. The normalized spacial score (nSPS) is 27.3. The Balaban J connectivity index is 2.79. The third-order valence-electron chi connectivity index (χ3n) is 7.70.